The summed E-state index contributed by atoms with van der Waals surface area (Å²) in [6.07, 6.45) is 0. The van der Waals surface area contributed by atoms with Gasteiger partial charge in [-0.3, -0.25) is 0 Å². The van der Waals surface area contributed by atoms with Crippen LogP contribution in [-0.4, -0.2) is 6.54 Å². The molecule has 0 radical (unpaired) electrons. The van der Waals surface area contributed by atoms with Crippen molar-refractivity contribution in [3.05, 3.63) is 68.2 Å². The van der Waals surface area contributed by atoms with Gasteiger partial charge in [0.25, 0.3) is 0 Å². The molecule has 0 heterocycles. The third-order valence-electron chi connectivity index (χ3n) is 3.23. The van der Waals surface area contributed by atoms with E-state index in [1.54, 1.807) is 6.07 Å². The molecule has 106 valence electrons. The minimum atomic E-state index is -0.0707. The largest absolute Gasteiger partial charge is 0.306 e. The molecule has 0 bridgehead atoms. The Bertz CT molecular complexity index is 559. The zero-order valence-corrected chi connectivity index (χ0v) is 13.7. The van der Waals surface area contributed by atoms with Gasteiger partial charge >= 0.3 is 0 Å². The molecule has 2 aromatic carbocycles. The summed E-state index contributed by atoms with van der Waals surface area (Å²) >= 11 is 18.9. The summed E-state index contributed by atoms with van der Waals surface area (Å²) in [6, 6.07) is 11.6. The van der Waals surface area contributed by atoms with Crippen LogP contribution in [0.5, 0.6) is 0 Å². The average Bonchev–Trinajstić information content (AvgIpc) is 2.43. The van der Waals surface area contributed by atoms with E-state index in [1.165, 1.54) is 0 Å². The Kier molecular flexibility index (Phi) is 5.34. The fraction of sp³-hybridized carbons (Fsp3) is 0.250. The van der Waals surface area contributed by atoms with Gasteiger partial charge in [-0.1, -0.05) is 72.1 Å². The Morgan fingerprint density at radius 1 is 0.950 bits per heavy atom. The predicted octanol–water partition coefficient (Wildman–Crippen LogP) is 5.65. The minimum absolute atomic E-state index is 0.0707. The molecule has 0 saturated heterocycles. The normalized spacial score (nSPS) is 12.4. The van der Waals surface area contributed by atoms with Gasteiger partial charge in [-0.05, 0) is 36.2 Å². The second-order valence-electron chi connectivity index (χ2n) is 4.61. The molecular weight excluding hydrogens is 313 g/mol. The van der Waals surface area contributed by atoms with Crippen LogP contribution in [-0.2, 0) is 0 Å². The van der Waals surface area contributed by atoms with Crippen molar-refractivity contribution >= 4 is 34.8 Å². The van der Waals surface area contributed by atoms with Crippen LogP contribution >= 0.6 is 34.8 Å². The van der Waals surface area contributed by atoms with Crippen molar-refractivity contribution in [2.75, 3.05) is 6.54 Å². The van der Waals surface area contributed by atoms with Gasteiger partial charge in [-0.25, -0.2) is 0 Å². The Morgan fingerprint density at radius 2 is 1.55 bits per heavy atom. The Balaban J connectivity index is 2.56. The molecule has 4 heteroatoms. The standard InChI is InChI=1S/C16H16Cl3N/c1-3-20-16(11-7-4-6-10(2)14(11)18)12-8-5-9-13(17)15(12)19/h4-9,16,20H,3H2,1-2H3. The topological polar surface area (TPSA) is 12.0 Å². The van der Waals surface area contributed by atoms with E-state index in [4.69, 9.17) is 34.8 Å². The molecule has 0 saturated carbocycles. The predicted molar refractivity (Wildman–Crippen MR) is 88.2 cm³/mol. The molecule has 2 rings (SSSR count). The van der Waals surface area contributed by atoms with Crippen LogP contribution in [0.15, 0.2) is 36.4 Å². The molecule has 0 aliphatic rings. The second kappa shape index (κ2) is 6.82. The van der Waals surface area contributed by atoms with Gasteiger partial charge < -0.3 is 5.32 Å². The summed E-state index contributed by atoms with van der Waals surface area (Å²) in [5.41, 5.74) is 3.00. The van der Waals surface area contributed by atoms with Crippen LogP contribution in [0.25, 0.3) is 0 Å². The lowest BCUT2D eigenvalue weighted by atomic mass is 9.97. The lowest BCUT2D eigenvalue weighted by Gasteiger charge is -2.22. The first kappa shape index (κ1) is 15.7. The number of benzene rings is 2. The summed E-state index contributed by atoms with van der Waals surface area (Å²) in [5.74, 6) is 0. The van der Waals surface area contributed by atoms with Crippen LogP contribution in [0.3, 0.4) is 0 Å². The third kappa shape index (κ3) is 3.12. The van der Waals surface area contributed by atoms with E-state index < -0.39 is 0 Å². The first-order valence-corrected chi connectivity index (χ1v) is 7.62. The number of halogens is 3. The molecule has 1 unspecified atom stereocenters. The van der Waals surface area contributed by atoms with Crippen molar-refractivity contribution in [1.82, 2.24) is 5.32 Å². The van der Waals surface area contributed by atoms with E-state index in [-0.39, 0.29) is 6.04 Å². The summed E-state index contributed by atoms with van der Waals surface area (Å²) < 4.78 is 0. The van der Waals surface area contributed by atoms with Gasteiger partial charge in [0.1, 0.15) is 0 Å². The van der Waals surface area contributed by atoms with Gasteiger partial charge in [-0.15, -0.1) is 0 Å². The van der Waals surface area contributed by atoms with Gasteiger partial charge in [0, 0.05) is 5.02 Å². The highest BCUT2D eigenvalue weighted by Crippen LogP contribution is 2.36. The van der Waals surface area contributed by atoms with E-state index in [9.17, 15) is 0 Å². The molecule has 0 amide bonds. The summed E-state index contributed by atoms with van der Waals surface area (Å²) in [6.45, 7) is 4.85. The van der Waals surface area contributed by atoms with E-state index in [2.05, 4.69) is 12.2 Å². The molecule has 1 nitrogen and oxygen atoms in total. The van der Waals surface area contributed by atoms with E-state index in [0.717, 1.165) is 28.3 Å². The van der Waals surface area contributed by atoms with Crippen LogP contribution in [0, 0.1) is 6.92 Å². The first-order valence-electron chi connectivity index (χ1n) is 6.48. The van der Waals surface area contributed by atoms with Gasteiger partial charge in [-0.2, -0.15) is 0 Å². The number of hydrogen-bond acceptors (Lipinski definition) is 1. The van der Waals surface area contributed by atoms with Crippen LogP contribution in [0.4, 0.5) is 0 Å². The molecular formula is C16H16Cl3N. The summed E-state index contributed by atoms with van der Waals surface area (Å²) in [7, 11) is 0. The zero-order valence-electron chi connectivity index (χ0n) is 11.4. The van der Waals surface area contributed by atoms with E-state index in [0.29, 0.717) is 10.0 Å². The van der Waals surface area contributed by atoms with Crippen molar-refractivity contribution in [3.63, 3.8) is 0 Å². The number of aryl methyl sites for hydroxylation is 1. The Morgan fingerprint density at radius 3 is 2.20 bits per heavy atom. The number of hydrogen-bond donors (Lipinski definition) is 1. The molecule has 20 heavy (non-hydrogen) atoms. The molecule has 1 atom stereocenters. The van der Waals surface area contributed by atoms with Crippen molar-refractivity contribution < 1.29 is 0 Å². The Labute approximate surface area is 134 Å². The second-order valence-corrected chi connectivity index (χ2v) is 5.77. The van der Waals surface area contributed by atoms with Crippen molar-refractivity contribution in [3.8, 4) is 0 Å². The highest BCUT2D eigenvalue weighted by Gasteiger charge is 2.20. The molecule has 0 aliphatic carbocycles. The quantitative estimate of drug-likeness (QED) is 0.764. The zero-order chi connectivity index (χ0) is 14.7. The lowest BCUT2D eigenvalue weighted by Crippen LogP contribution is -2.22. The fourth-order valence-corrected chi connectivity index (χ4v) is 2.88. The van der Waals surface area contributed by atoms with Gasteiger partial charge in [0.15, 0.2) is 0 Å². The molecule has 0 aliphatic heterocycles. The molecule has 2 aromatic rings. The van der Waals surface area contributed by atoms with Crippen molar-refractivity contribution in [2.45, 2.75) is 19.9 Å². The van der Waals surface area contributed by atoms with Crippen LogP contribution < -0.4 is 5.32 Å². The number of nitrogens with one attached hydrogen (secondary N) is 1. The smallest absolute Gasteiger partial charge is 0.0643 e. The van der Waals surface area contributed by atoms with Crippen LogP contribution in [0.1, 0.15) is 29.7 Å². The molecule has 0 aromatic heterocycles. The molecule has 0 fully saturated rings. The fourth-order valence-electron chi connectivity index (χ4n) is 2.23. The van der Waals surface area contributed by atoms with E-state index in [1.807, 2.05) is 37.3 Å². The van der Waals surface area contributed by atoms with Crippen molar-refractivity contribution in [1.29, 1.82) is 0 Å². The summed E-state index contributed by atoms with van der Waals surface area (Å²) in [5, 5.41) is 5.30. The minimum Gasteiger partial charge on any atom is -0.306 e. The Hall–Kier alpha value is -0.730. The van der Waals surface area contributed by atoms with Crippen molar-refractivity contribution in [2.24, 2.45) is 0 Å². The monoisotopic (exact) mass is 327 g/mol. The highest BCUT2D eigenvalue weighted by molar-refractivity contribution is 6.42. The third-order valence-corrected chi connectivity index (χ3v) is 4.58. The molecule has 1 N–H and O–H groups in total. The maximum absolute atomic E-state index is 6.45. The van der Waals surface area contributed by atoms with Gasteiger partial charge in [0.05, 0.1) is 16.1 Å². The first-order chi connectivity index (χ1) is 9.56. The lowest BCUT2D eigenvalue weighted by molar-refractivity contribution is 0.630. The highest BCUT2D eigenvalue weighted by atomic mass is 35.5. The van der Waals surface area contributed by atoms with E-state index >= 15 is 0 Å². The van der Waals surface area contributed by atoms with Gasteiger partial charge in [0.2, 0.25) is 0 Å². The molecule has 0 spiro atoms. The van der Waals surface area contributed by atoms with Crippen LogP contribution in [0.2, 0.25) is 15.1 Å². The maximum atomic E-state index is 6.45. The number of rotatable bonds is 4. The SMILES string of the molecule is CCNC(c1cccc(C)c1Cl)c1cccc(Cl)c1Cl. The summed E-state index contributed by atoms with van der Waals surface area (Å²) in [4.78, 5) is 0. The maximum Gasteiger partial charge on any atom is 0.0643 e. The average molecular weight is 329 g/mol.